The molecule has 0 spiro atoms. The molecule has 0 saturated carbocycles. The van der Waals surface area contributed by atoms with E-state index < -0.39 is 0 Å². The Balaban J connectivity index is 1.76. The van der Waals surface area contributed by atoms with Crippen LogP contribution in [0.25, 0.3) is 0 Å². The summed E-state index contributed by atoms with van der Waals surface area (Å²) in [6.45, 7) is 0.532. The van der Waals surface area contributed by atoms with E-state index in [4.69, 9.17) is 9.84 Å². The number of hydrogen-bond acceptors (Lipinski definition) is 3. The van der Waals surface area contributed by atoms with Gasteiger partial charge in [0.2, 0.25) is 0 Å². The van der Waals surface area contributed by atoms with Crippen molar-refractivity contribution in [2.24, 2.45) is 0 Å². The van der Waals surface area contributed by atoms with Crippen molar-refractivity contribution in [3.8, 4) is 17.6 Å². The van der Waals surface area contributed by atoms with Gasteiger partial charge >= 0.3 is 0 Å². The number of aliphatic hydroxyl groups excluding tert-OH is 1. The number of rotatable bonds is 5. The molecule has 0 aliphatic heterocycles. The van der Waals surface area contributed by atoms with E-state index in [1.54, 1.807) is 11.8 Å². The lowest BCUT2D eigenvalue weighted by molar-refractivity contribution is 0.344. The van der Waals surface area contributed by atoms with Crippen molar-refractivity contribution in [3.63, 3.8) is 0 Å². The van der Waals surface area contributed by atoms with Crippen LogP contribution < -0.4 is 4.74 Å². The average molecular weight is 363 g/mol. The summed E-state index contributed by atoms with van der Waals surface area (Å²) in [6, 6.07) is 15.8. The molecule has 0 saturated heterocycles. The Morgan fingerprint density at radius 2 is 1.95 bits per heavy atom. The van der Waals surface area contributed by atoms with Gasteiger partial charge in [-0.1, -0.05) is 33.8 Å². The van der Waals surface area contributed by atoms with Gasteiger partial charge in [-0.3, -0.25) is 0 Å². The zero-order chi connectivity index (χ0) is 14.9. The Kier molecular flexibility index (Phi) is 6.68. The third-order valence-corrected chi connectivity index (χ3v) is 4.03. The predicted octanol–water partition coefficient (Wildman–Crippen LogP) is 3.96. The highest BCUT2D eigenvalue weighted by atomic mass is 79.9. The molecule has 0 radical (unpaired) electrons. The second-order valence-electron chi connectivity index (χ2n) is 4.14. The standard InChI is InChI=1S/C17H15BrO2S/c18-15-4-1-5-17(13-15)21-12-11-20-16-8-6-14(7-9-16)3-2-10-19/h1,4-9,13,19H,10-12H2. The molecule has 108 valence electrons. The lowest BCUT2D eigenvalue weighted by Gasteiger charge is -2.06. The number of hydrogen-bond donors (Lipinski definition) is 1. The van der Waals surface area contributed by atoms with E-state index >= 15 is 0 Å². The summed E-state index contributed by atoms with van der Waals surface area (Å²) in [5, 5.41) is 8.63. The quantitative estimate of drug-likeness (QED) is 0.495. The van der Waals surface area contributed by atoms with Crippen LogP contribution in [-0.2, 0) is 0 Å². The van der Waals surface area contributed by atoms with Crippen molar-refractivity contribution in [1.82, 2.24) is 0 Å². The topological polar surface area (TPSA) is 29.5 Å². The molecule has 0 aromatic heterocycles. The Hall–Kier alpha value is -1.41. The summed E-state index contributed by atoms with van der Waals surface area (Å²) in [4.78, 5) is 1.22. The van der Waals surface area contributed by atoms with E-state index in [0.717, 1.165) is 21.5 Å². The van der Waals surface area contributed by atoms with E-state index in [0.29, 0.717) is 6.61 Å². The van der Waals surface area contributed by atoms with Crippen LogP contribution in [0.5, 0.6) is 5.75 Å². The van der Waals surface area contributed by atoms with Crippen molar-refractivity contribution in [2.45, 2.75) is 4.90 Å². The van der Waals surface area contributed by atoms with E-state index in [-0.39, 0.29) is 6.61 Å². The highest BCUT2D eigenvalue weighted by Crippen LogP contribution is 2.22. The van der Waals surface area contributed by atoms with Crippen LogP contribution in [0.1, 0.15) is 5.56 Å². The maximum atomic E-state index is 8.63. The van der Waals surface area contributed by atoms with Gasteiger partial charge in [0.25, 0.3) is 0 Å². The monoisotopic (exact) mass is 362 g/mol. The van der Waals surface area contributed by atoms with Gasteiger partial charge in [-0.2, -0.15) is 0 Å². The first kappa shape index (κ1) is 16.0. The molecule has 21 heavy (non-hydrogen) atoms. The second-order valence-corrected chi connectivity index (χ2v) is 6.22. The predicted molar refractivity (Wildman–Crippen MR) is 90.8 cm³/mol. The van der Waals surface area contributed by atoms with Gasteiger partial charge in [-0.25, -0.2) is 0 Å². The van der Waals surface area contributed by atoms with Crippen LogP contribution in [0.15, 0.2) is 57.9 Å². The number of benzene rings is 2. The Morgan fingerprint density at radius 1 is 1.14 bits per heavy atom. The molecule has 0 aliphatic carbocycles. The average Bonchev–Trinajstić information content (AvgIpc) is 2.51. The third-order valence-electron chi connectivity index (χ3n) is 2.58. The van der Waals surface area contributed by atoms with Gasteiger partial charge in [0.15, 0.2) is 0 Å². The SMILES string of the molecule is OCC#Cc1ccc(OCCSc2cccc(Br)c2)cc1. The maximum absolute atomic E-state index is 8.63. The third kappa shape index (κ3) is 5.84. The molecule has 2 rings (SSSR count). The first-order valence-corrected chi connectivity index (χ1v) is 8.27. The summed E-state index contributed by atoms with van der Waals surface area (Å²) in [7, 11) is 0. The van der Waals surface area contributed by atoms with Crippen LogP contribution in [-0.4, -0.2) is 24.1 Å². The first-order chi connectivity index (χ1) is 10.3. The molecule has 0 bridgehead atoms. The summed E-state index contributed by atoms with van der Waals surface area (Å²) < 4.78 is 6.78. The second kappa shape index (κ2) is 8.78. The highest BCUT2D eigenvalue weighted by molar-refractivity contribution is 9.10. The molecule has 0 amide bonds. The first-order valence-electron chi connectivity index (χ1n) is 6.49. The lowest BCUT2D eigenvalue weighted by atomic mass is 10.2. The smallest absolute Gasteiger partial charge is 0.119 e. The van der Waals surface area contributed by atoms with E-state index in [9.17, 15) is 0 Å². The van der Waals surface area contributed by atoms with Crippen molar-refractivity contribution < 1.29 is 9.84 Å². The molecule has 0 heterocycles. The minimum absolute atomic E-state index is 0.120. The minimum atomic E-state index is -0.120. The zero-order valence-electron chi connectivity index (χ0n) is 11.4. The van der Waals surface area contributed by atoms with Crippen molar-refractivity contribution in [1.29, 1.82) is 0 Å². The fourth-order valence-corrected chi connectivity index (χ4v) is 2.99. The largest absolute Gasteiger partial charge is 0.493 e. The lowest BCUT2D eigenvalue weighted by Crippen LogP contribution is -1.99. The Morgan fingerprint density at radius 3 is 2.67 bits per heavy atom. The molecule has 4 heteroatoms. The van der Waals surface area contributed by atoms with E-state index in [1.165, 1.54) is 4.90 Å². The fraction of sp³-hybridized carbons (Fsp3) is 0.176. The molecular formula is C17H15BrO2S. The number of aliphatic hydroxyl groups is 1. The van der Waals surface area contributed by atoms with Gasteiger partial charge in [0, 0.05) is 20.7 Å². The van der Waals surface area contributed by atoms with E-state index in [2.05, 4.69) is 39.9 Å². The fourth-order valence-electron chi connectivity index (χ4n) is 1.65. The molecule has 2 nitrogen and oxygen atoms in total. The molecule has 0 unspecified atom stereocenters. The summed E-state index contributed by atoms with van der Waals surface area (Å²) in [5.41, 5.74) is 0.875. The Bertz CT molecular complexity index is 629. The van der Waals surface area contributed by atoms with Crippen LogP contribution in [0, 0.1) is 11.8 Å². The van der Waals surface area contributed by atoms with Crippen LogP contribution in [0.3, 0.4) is 0 Å². The summed E-state index contributed by atoms with van der Waals surface area (Å²) in [6.07, 6.45) is 0. The van der Waals surface area contributed by atoms with Gasteiger partial charge in [-0.15, -0.1) is 11.8 Å². The molecule has 2 aromatic carbocycles. The minimum Gasteiger partial charge on any atom is -0.493 e. The van der Waals surface area contributed by atoms with Gasteiger partial charge < -0.3 is 9.84 Å². The number of ether oxygens (including phenoxy) is 1. The molecule has 2 aromatic rings. The Labute approximate surface area is 137 Å². The normalized spacial score (nSPS) is 9.81. The van der Waals surface area contributed by atoms with Gasteiger partial charge in [0.1, 0.15) is 12.4 Å². The summed E-state index contributed by atoms with van der Waals surface area (Å²) in [5.74, 6) is 7.19. The number of thioether (sulfide) groups is 1. The van der Waals surface area contributed by atoms with Crippen molar-refractivity contribution >= 4 is 27.7 Å². The summed E-state index contributed by atoms with van der Waals surface area (Å²) >= 11 is 5.22. The molecule has 0 atom stereocenters. The van der Waals surface area contributed by atoms with E-state index in [1.807, 2.05) is 36.4 Å². The molecular weight excluding hydrogens is 348 g/mol. The molecule has 1 N–H and O–H groups in total. The highest BCUT2D eigenvalue weighted by Gasteiger charge is 1.97. The van der Waals surface area contributed by atoms with Crippen LogP contribution in [0.4, 0.5) is 0 Å². The molecule has 0 aliphatic rings. The van der Waals surface area contributed by atoms with Gasteiger partial charge in [0.05, 0.1) is 6.61 Å². The zero-order valence-corrected chi connectivity index (χ0v) is 13.8. The number of halogens is 1. The van der Waals surface area contributed by atoms with Crippen LogP contribution in [0.2, 0.25) is 0 Å². The van der Waals surface area contributed by atoms with Crippen LogP contribution >= 0.6 is 27.7 Å². The van der Waals surface area contributed by atoms with Gasteiger partial charge in [-0.05, 0) is 42.5 Å². The maximum Gasteiger partial charge on any atom is 0.119 e. The molecule has 0 fully saturated rings. The van der Waals surface area contributed by atoms with Crippen molar-refractivity contribution in [2.75, 3.05) is 19.0 Å². The van der Waals surface area contributed by atoms with Crippen molar-refractivity contribution in [3.05, 3.63) is 58.6 Å².